The summed E-state index contributed by atoms with van der Waals surface area (Å²) in [5, 5.41) is 6.77. The van der Waals surface area contributed by atoms with Crippen LogP contribution in [0.3, 0.4) is 0 Å². The summed E-state index contributed by atoms with van der Waals surface area (Å²) in [5.41, 5.74) is 8.39. The van der Waals surface area contributed by atoms with Gasteiger partial charge >= 0.3 is 0 Å². The molecule has 98 valence electrons. The molecule has 3 N–H and O–H groups in total. The maximum absolute atomic E-state index is 12.1. The Kier molecular flexibility index (Phi) is 3.62. The molecule has 1 aromatic carbocycles. The average molecular weight is 274 g/mol. The van der Waals surface area contributed by atoms with Gasteiger partial charge in [0.1, 0.15) is 10.7 Å². The van der Waals surface area contributed by atoms with E-state index >= 15 is 0 Å². The number of thiocarbonyl (C=S) groups is 1. The molecular weight excluding hydrogens is 260 g/mol. The normalized spacial score (nSPS) is 10.2. The van der Waals surface area contributed by atoms with E-state index in [1.807, 2.05) is 19.1 Å². The summed E-state index contributed by atoms with van der Waals surface area (Å²) < 4.78 is 1.51. The second kappa shape index (κ2) is 5.19. The zero-order chi connectivity index (χ0) is 14.0. The number of hydrogen-bond acceptors (Lipinski definition) is 3. The van der Waals surface area contributed by atoms with Crippen LogP contribution in [0.2, 0.25) is 0 Å². The summed E-state index contributed by atoms with van der Waals surface area (Å²) >= 11 is 5.02. The van der Waals surface area contributed by atoms with Crippen LogP contribution in [-0.4, -0.2) is 20.7 Å². The van der Waals surface area contributed by atoms with Crippen LogP contribution in [0.25, 0.3) is 0 Å². The van der Waals surface area contributed by atoms with E-state index in [2.05, 4.69) is 10.4 Å². The number of nitrogens with one attached hydrogen (secondary N) is 1. The highest BCUT2D eigenvalue weighted by atomic mass is 32.1. The molecule has 2 rings (SSSR count). The van der Waals surface area contributed by atoms with Crippen molar-refractivity contribution in [3.63, 3.8) is 0 Å². The van der Waals surface area contributed by atoms with Gasteiger partial charge in [0.15, 0.2) is 0 Å². The third-order valence-corrected chi connectivity index (χ3v) is 3.03. The molecule has 0 saturated carbocycles. The fraction of sp³-hybridized carbons (Fsp3) is 0.154. The Labute approximate surface area is 116 Å². The molecule has 0 aliphatic heterocycles. The molecule has 1 heterocycles. The van der Waals surface area contributed by atoms with Gasteiger partial charge in [-0.1, -0.05) is 24.4 Å². The number of nitrogens with zero attached hydrogens (tertiary/aromatic N) is 2. The van der Waals surface area contributed by atoms with E-state index in [1.165, 1.54) is 4.68 Å². The van der Waals surface area contributed by atoms with Gasteiger partial charge in [-0.3, -0.25) is 9.48 Å². The van der Waals surface area contributed by atoms with Gasteiger partial charge in [-0.25, -0.2) is 0 Å². The van der Waals surface area contributed by atoms with Gasteiger partial charge < -0.3 is 11.1 Å². The number of nitrogens with two attached hydrogens (primary N) is 1. The number of aromatic nitrogens is 2. The van der Waals surface area contributed by atoms with Crippen LogP contribution < -0.4 is 11.1 Å². The molecule has 1 amide bonds. The van der Waals surface area contributed by atoms with Crippen LogP contribution in [0.5, 0.6) is 0 Å². The van der Waals surface area contributed by atoms with Crippen molar-refractivity contribution < 1.29 is 4.79 Å². The van der Waals surface area contributed by atoms with Crippen molar-refractivity contribution in [2.45, 2.75) is 6.92 Å². The minimum atomic E-state index is -0.247. The molecule has 0 aliphatic carbocycles. The van der Waals surface area contributed by atoms with Gasteiger partial charge in [0.25, 0.3) is 5.91 Å². The molecule has 19 heavy (non-hydrogen) atoms. The fourth-order valence-corrected chi connectivity index (χ4v) is 2.15. The van der Waals surface area contributed by atoms with Crippen molar-refractivity contribution in [1.82, 2.24) is 9.78 Å². The summed E-state index contributed by atoms with van der Waals surface area (Å²) in [6, 6.07) is 7.16. The number of anilines is 1. The highest BCUT2D eigenvalue weighted by molar-refractivity contribution is 7.80. The Balaban J connectivity index is 2.35. The first-order valence-corrected chi connectivity index (χ1v) is 6.10. The van der Waals surface area contributed by atoms with Crippen LogP contribution in [0, 0.1) is 6.92 Å². The maximum Gasteiger partial charge on any atom is 0.273 e. The van der Waals surface area contributed by atoms with E-state index in [-0.39, 0.29) is 10.9 Å². The summed E-state index contributed by atoms with van der Waals surface area (Å²) in [7, 11) is 1.71. The van der Waals surface area contributed by atoms with Crippen molar-refractivity contribution in [2.75, 3.05) is 5.32 Å². The first-order valence-electron chi connectivity index (χ1n) is 5.69. The highest BCUT2D eigenvalue weighted by Crippen LogP contribution is 2.20. The number of benzene rings is 1. The zero-order valence-electron chi connectivity index (χ0n) is 10.7. The number of amides is 1. The molecule has 0 aliphatic rings. The largest absolute Gasteiger partial charge is 0.389 e. The van der Waals surface area contributed by atoms with Crippen molar-refractivity contribution in [2.24, 2.45) is 12.8 Å². The topological polar surface area (TPSA) is 72.9 Å². The molecule has 0 atom stereocenters. The third kappa shape index (κ3) is 2.63. The van der Waals surface area contributed by atoms with Crippen molar-refractivity contribution in [3.05, 3.63) is 47.3 Å². The molecule has 1 aromatic heterocycles. The molecule has 6 heteroatoms. The quantitative estimate of drug-likeness (QED) is 0.834. The SMILES string of the molecule is Cc1cccc(NC(=O)c2ccnn2C)c1C(N)=S. The van der Waals surface area contributed by atoms with Crippen LogP contribution in [-0.2, 0) is 7.05 Å². The molecule has 5 nitrogen and oxygen atoms in total. The first kappa shape index (κ1) is 13.2. The summed E-state index contributed by atoms with van der Waals surface area (Å²) in [6.07, 6.45) is 1.57. The molecule has 0 unspecified atom stereocenters. The molecule has 0 bridgehead atoms. The Morgan fingerprint density at radius 1 is 1.42 bits per heavy atom. The molecular formula is C13H14N4OS. The number of carbonyl (C=O) groups is 1. The smallest absolute Gasteiger partial charge is 0.273 e. The Morgan fingerprint density at radius 3 is 2.74 bits per heavy atom. The van der Waals surface area contributed by atoms with Crippen LogP contribution >= 0.6 is 12.2 Å². The van der Waals surface area contributed by atoms with Gasteiger partial charge in [0.2, 0.25) is 0 Å². The van der Waals surface area contributed by atoms with E-state index in [1.54, 1.807) is 25.4 Å². The lowest BCUT2D eigenvalue weighted by Crippen LogP contribution is -2.20. The van der Waals surface area contributed by atoms with E-state index in [0.717, 1.165) is 5.56 Å². The van der Waals surface area contributed by atoms with E-state index in [4.69, 9.17) is 18.0 Å². The lowest BCUT2D eigenvalue weighted by Gasteiger charge is -2.12. The molecule has 0 spiro atoms. The Hall–Kier alpha value is -2.21. The van der Waals surface area contributed by atoms with E-state index < -0.39 is 0 Å². The Morgan fingerprint density at radius 2 is 2.16 bits per heavy atom. The van der Waals surface area contributed by atoms with Gasteiger partial charge in [-0.05, 0) is 24.6 Å². The standard InChI is InChI=1S/C13H14N4OS/c1-8-4-3-5-9(11(8)12(14)19)16-13(18)10-6-7-15-17(10)2/h3-7H,1-2H3,(H2,14,19)(H,16,18). The van der Waals surface area contributed by atoms with Gasteiger partial charge in [0, 0.05) is 18.8 Å². The minimum absolute atomic E-state index is 0.247. The number of hydrogen-bond donors (Lipinski definition) is 2. The summed E-state index contributed by atoms with van der Waals surface area (Å²) in [5.74, 6) is -0.247. The molecule has 0 radical (unpaired) electrons. The van der Waals surface area contributed by atoms with Crippen LogP contribution in [0.1, 0.15) is 21.6 Å². The first-order chi connectivity index (χ1) is 9.00. The van der Waals surface area contributed by atoms with Gasteiger partial charge in [0.05, 0.1) is 5.69 Å². The van der Waals surface area contributed by atoms with Crippen LogP contribution in [0.4, 0.5) is 5.69 Å². The second-order valence-electron chi connectivity index (χ2n) is 4.16. The van der Waals surface area contributed by atoms with E-state index in [9.17, 15) is 4.79 Å². The zero-order valence-corrected chi connectivity index (χ0v) is 11.5. The summed E-state index contributed by atoms with van der Waals surface area (Å²) in [6.45, 7) is 1.90. The van der Waals surface area contributed by atoms with Crippen molar-refractivity contribution in [1.29, 1.82) is 0 Å². The van der Waals surface area contributed by atoms with Crippen molar-refractivity contribution >= 4 is 28.8 Å². The van der Waals surface area contributed by atoms with Crippen LogP contribution in [0.15, 0.2) is 30.5 Å². The molecule has 2 aromatic rings. The average Bonchev–Trinajstić information content (AvgIpc) is 2.75. The number of carbonyl (C=O) groups excluding carboxylic acids is 1. The predicted octanol–water partition coefficient (Wildman–Crippen LogP) is 1.62. The molecule has 0 saturated heterocycles. The predicted molar refractivity (Wildman–Crippen MR) is 78.2 cm³/mol. The Bertz CT molecular complexity index is 648. The number of aryl methyl sites for hydroxylation is 2. The highest BCUT2D eigenvalue weighted by Gasteiger charge is 2.14. The second-order valence-corrected chi connectivity index (χ2v) is 4.60. The third-order valence-electron chi connectivity index (χ3n) is 2.82. The number of rotatable bonds is 3. The van der Waals surface area contributed by atoms with E-state index in [0.29, 0.717) is 16.9 Å². The maximum atomic E-state index is 12.1. The van der Waals surface area contributed by atoms with Gasteiger partial charge in [-0.2, -0.15) is 5.10 Å². The molecule has 0 fully saturated rings. The lowest BCUT2D eigenvalue weighted by atomic mass is 10.1. The van der Waals surface area contributed by atoms with Crippen molar-refractivity contribution in [3.8, 4) is 0 Å². The lowest BCUT2D eigenvalue weighted by molar-refractivity contribution is 0.101. The summed E-state index contributed by atoms with van der Waals surface area (Å²) in [4.78, 5) is 12.4. The fourth-order valence-electron chi connectivity index (χ4n) is 1.88. The minimum Gasteiger partial charge on any atom is -0.389 e. The monoisotopic (exact) mass is 274 g/mol. The van der Waals surface area contributed by atoms with Gasteiger partial charge in [-0.15, -0.1) is 0 Å².